The maximum absolute atomic E-state index is 15.4. The number of halogens is 4. The van der Waals surface area contributed by atoms with Gasteiger partial charge in [-0.25, -0.2) is 13.2 Å². The molecule has 2 nitrogen and oxygen atoms in total. The summed E-state index contributed by atoms with van der Waals surface area (Å²) < 4.78 is 71.7. The summed E-state index contributed by atoms with van der Waals surface area (Å²) in [5, 5.41) is 0. The monoisotopic (exact) mass is 476 g/mol. The Labute approximate surface area is 199 Å². The quantitative estimate of drug-likeness (QED) is 0.207. The van der Waals surface area contributed by atoms with Gasteiger partial charge in [-0.3, -0.25) is 0 Å². The average Bonchev–Trinajstić information content (AvgIpc) is 2.85. The van der Waals surface area contributed by atoms with Crippen LogP contribution < -0.4 is 4.74 Å². The molecule has 184 valence electrons. The molecular formula is C28H32F4O2. The maximum Gasteiger partial charge on any atom is 0.201 e. The first kappa shape index (κ1) is 24.8. The fourth-order valence-corrected chi connectivity index (χ4v) is 4.82. The van der Waals surface area contributed by atoms with Crippen LogP contribution in [-0.4, -0.2) is 13.2 Å². The molecule has 1 heterocycles. The topological polar surface area (TPSA) is 18.5 Å². The molecule has 4 rings (SSSR count). The zero-order valence-corrected chi connectivity index (χ0v) is 19.9. The molecule has 2 aliphatic rings. The third-order valence-corrected chi connectivity index (χ3v) is 6.78. The van der Waals surface area contributed by atoms with Crippen molar-refractivity contribution in [1.29, 1.82) is 0 Å². The van der Waals surface area contributed by atoms with Crippen LogP contribution in [0.5, 0.6) is 5.75 Å². The van der Waals surface area contributed by atoms with Crippen LogP contribution in [0.15, 0.2) is 23.8 Å². The summed E-state index contributed by atoms with van der Waals surface area (Å²) in [6.45, 7) is 4.78. The van der Waals surface area contributed by atoms with Crippen molar-refractivity contribution < 1.29 is 27.0 Å². The fraction of sp³-hybridized carbons (Fsp3) is 0.500. The van der Waals surface area contributed by atoms with Gasteiger partial charge in [-0.05, 0) is 67.4 Å². The molecule has 34 heavy (non-hydrogen) atoms. The normalized spacial score (nSPS) is 17.2. The molecule has 2 aromatic rings. The van der Waals surface area contributed by atoms with Crippen LogP contribution in [0.1, 0.15) is 81.6 Å². The molecule has 6 heteroatoms. The summed E-state index contributed by atoms with van der Waals surface area (Å²) >= 11 is 0. The highest BCUT2D eigenvalue weighted by atomic mass is 19.2. The lowest BCUT2D eigenvalue weighted by molar-refractivity contribution is 0.0567. The third kappa shape index (κ3) is 4.88. The van der Waals surface area contributed by atoms with Crippen molar-refractivity contribution in [2.24, 2.45) is 0 Å². The van der Waals surface area contributed by atoms with Gasteiger partial charge in [0, 0.05) is 16.7 Å². The summed E-state index contributed by atoms with van der Waals surface area (Å²) in [4.78, 5) is 0. The second-order valence-electron chi connectivity index (χ2n) is 9.22. The Morgan fingerprint density at radius 2 is 1.53 bits per heavy atom. The zero-order chi connectivity index (χ0) is 24.2. The lowest BCUT2D eigenvalue weighted by Gasteiger charge is -2.27. The molecule has 2 aromatic carbocycles. The Hall–Kier alpha value is -2.34. The van der Waals surface area contributed by atoms with E-state index in [2.05, 4.69) is 13.0 Å². The van der Waals surface area contributed by atoms with E-state index >= 15 is 13.2 Å². The minimum absolute atomic E-state index is 0.143. The first-order chi connectivity index (χ1) is 16.5. The number of fused-ring (bicyclic) bond motifs is 3. The first-order valence-electron chi connectivity index (χ1n) is 12.4. The van der Waals surface area contributed by atoms with E-state index < -0.39 is 29.4 Å². The van der Waals surface area contributed by atoms with Gasteiger partial charge in [0.15, 0.2) is 23.2 Å². The molecule has 0 radical (unpaired) electrons. The molecule has 0 saturated heterocycles. The molecule has 1 unspecified atom stereocenters. The number of aryl methyl sites for hydroxylation is 2. The highest BCUT2D eigenvalue weighted by molar-refractivity contribution is 5.76. The van der Waals surface area contributed by atoms with E-state index in [-0.39, 0.29) is 29.0 Å². The SMILES string of the molecule is CCCCCC1=CCC(c2cc3c(c(F)c2F)-c2c(cc(OCCCC)c(F)c2F)CC3)OC1. The van der Waals surface area contributed by atoms with Gasteiger partial charge in [-0.2, -0.15) is 4.39 Å². The van der Waals surface area contributed by atoms with E-state index in [0.717, 1.165) is 32.1 Å². The number of rotatable bonds is 9. The second kappa shape index (κ2) is 10.9. The van der Waals surface area contributed by atoms with Crippen molar-refractivity contribution in [2.75, 3.05) is 13.2 Å². The van der Waals surface area contributed by atoms with Crippen molar-refractivity contribution in [3.8, 4) is 16.9 Å². The van der Waals surface area contributed by atoms with Crippen LogP contribution in [0.25, 0.3) is 11.1 Å². The van der Waals surface area contributed by atoms with E-state index in [0.29, 0.717) is 43.4 Å². The summed E-state index contributed by atoms with van der Waals surface area (Å²) in [6.07, 6.45) is 8.62. The average molecular weight is 477 g/mol. The number of benzene rings is 2. The van der Waals surface area contributed by atoms with E-state index in [1.165, 1.54) is 11.6 Å². The first-order valence-corrected chi connectivity index (χ1v) is 12.4. The van der Waals surface area contributed by atoms with Gasteiger partial charge in [0.25, 0.3) is 0 Å². The van der Waals surface area contributed by atoms with E-state index in [1.807, 2.05) is 6.92 Å². The van der Waals surface area contributed by atoms with E-state index in [9.17, 15) is 4.39 Å². The molecule has 0 saturated carbocycles. The summed E-state index contributed by atoms with van der Waals surface area (Å²) in [5.74, 6) is -4.73. The van der Waals surface area contributed by atoms with Crippen molar-refractivity contribution in [1.82, 2.24) is 0 Å². The Morgan fingerprint density at radius 1 is 0.853 bits per heavy atom. The molecule has 0 fully saturated rings. The lowest BCUT2D eigenvalue weighted by atomic mass is 9.82. The van der Waals surface area contributed by atoms with Crippen LogP contribution in [0, 0.1) is 23.3 Å². The molecule has 0 N–H and O–H groups in total. The standard InChI is InChI=1S/C28H32F4O2/c1-3-5-7-8-17-9-12-21(34-16-17)20-14-18-10-11-19-15-22(33-13-6-4-2)26(30)28(32)24(19)23(18)27(31)25(20)29/h9,14-15,21H,3-8,10-13,16H2,1-2H3. The molecular weight excluding hydrogens is 444 g/mol. The van der Waals surface area contributed by atoms with Crippen LogP contribution in [0.4, 0.5) is 17.6 Å². The number of unbranched alkanes of at least 4 members (excludes halogenated alkanes) is 3. The molecule has 0 spiro atoms. The van der Waals surface area contributed by atoms with Crippen molar-refractivity contribution in [3.63, 3.8) is 0 Å². The van der Waals surface area contributed by atoms with Gasteiger partial charge in [0.2, 0.25) is 5.82 Å². The number of hydrogen-bond acceptors (Lipinski definition) is 2. The van der Waals surface area contributed by atoms with E-state index in [1.54, 1.807) is 6.07 Å². The van der Waals surface area contributed by atoms with Gasteiger partial charge in [0.05, 0.1) is 19.3 Å². The van der Waals surface area contributed by atoms with E-state index in [4.69, 9.17) is 9.47 Å². The van der Waals surface area contributed by atoms with Gasteiger partial charge in [-0.1, -0.05) is 39.2 Å². The Morgan fingerprint density at radius 3 is 2.18 bits per heavy atom. The van der Waals surface area contributed by atoms with Crippen LogP contribution in [0.2, 0.25) is 0 Å². The van der Waals surface area contributed by atoms with Crippen LogP contribution >= 0.6 is 0 Å². The summed E-state index contributed by atoms with van der Waals surface area (Å²) in [5.41, 5.74) is 1.84. The molecule has 0 bridgehead atoms. The number of ether oxygens (including phenoxy) is 2. The smallest absolute Gasteiger partial charge is 0.201 e. The van der Waals surface area contributed by atoms with Gasteiger partial charge in [0.1, 0.15) is 0 Å². The maximum atomic E-state index is 15.4. The summed E-state index contributed by atoms with van der Waals surface area (Å²) in [6, 6.07) is 2.99. The predicted molar refractivity (Wildman–Crippen MR) is 125 cm³/mol. The minimum Gasteiger partial charge on any atom is -0.490 e. The number of hydrogen-bond donors (Lipinski definition) is 0. The molecule has 1 atom stereocenters. The predicted octanol–water partition coefficient (Wildman–Crippen LogP) is 8.16. The van der Waals surface area contributed by atoms with Crippen molar-refractivity contribution >= 4 is 0 Å². The van der Waals surface area contributed by atoms with Gasteiger partial charge >= 0.3 is 0 Å². The Kier molecular flexibility index (Phi) is 7.97. The Bertz CT molecular complexity index is 1080. The molecule has 0 aromatic heterocycles. The minimum atomic E-state index is -1.19. The highest BCUT2D eigenvalue weighted by Gasteiger charge is 2.32. The largest absolute Gasteiger partial charge is 0.490 e. The highest BCUT2D eigenvalue weighted by Crippen LogP contribution is 2.44. The zero-order valence-electron chi connectivity index (χ0n) is 19.9. The molecule has 1 aliphatic carbocycles. The molecule has 0 amide bonds. The van der Waals surface area contributed by atoms with Crippen molar-refractivity contribution in [3.05, 3.63) is 63.7 Å². The van der Waals surface area contributed by atoms with Crippen LogP contribution in [0.3, 0.4) is 0 Å². The summed E-state index contributed by atoms with van der Waals surface area (Å²) in [7, 11) is 0. The fourth-order valence-electron chi connectivity index (χ4n) is 4.82. The van der Waals surface area contributed by atoms with Crippen molar-refractivity contribution in [2.45, 2.75) is 77.7 Å². The van der Waals surface area contributed by atoms with Crippen LogP contribution in [-0.2, 0) is 17.6 Å². The lowest BCUT2D eigenvalue weighted by Crippen LogP contribution is -2.17. The second-order valence-corrected chi connectivity index (χ2v) is 9.22. The van der Waals surface area contributed by atoms with Gasteiger partial charge < -0.3 is 9.47 Å². The molecule has 1 aliphatic heterocycles. The Balaban J connectivity index is 1.63. The van der Waals surface area contributed by atoms with Gasteiger partial charge in [-0.15, -0.1) is 0 Å². The third-order valence-electron chi connectivity index (χ3n) is 6.78.